The first kappa shape index (κ1) is 19.1. The van der Waals surface area contributed by atoms with Crippen molar-refractivity contribution in [3.63, 3.8) is 0 Å². The lowest BCUT2D eigenvalue weighted by atomic mass is 10.1. The van der Waals surface area contributed by atoms with Gasteiger partial charge in [-0.05, 0) is 50.5 Å². The Morgan fingerprint density at radius 1 is 1.27 bits per heavy atom. The highest BCUT2D eigenvalue weighted by Crippen LogP contribution is 2.21. The molecule has 1 atom stereocenters. The van der Waals surface area contributed by atoms with Gasteiger partial charge in [0.2, 0.25) is 0 Å². The van der Waals surface area contributed by atoms with Crippen molar-refractivity contribution < 1.29 is 14.6 Å². The zero-order valence-electron chi connectivity index (χ0n) is 13.4. The molecule has 1 aromatic rings. The number of aliphatic hydroxyl groups excluding tert-OH is 1. The smallest absolute Gasteiger partial charge is 0.410 e. The van der Waals surface area contributed by atoms with E-state index in [1.807, 2.05) is 27.7 Å². The maximum atomic E-state index is 12.3. The molecule has 22 heavy (non-hydrogen) atoms. The van der Waals surface area contributed by atoms with Gasteiger partial charge in [0, 0.05) is 29.7 Å². The van der Waals surface area contributed by atoms with Gasteiger partial charge in [-0.2, -0.15) is 0 Å². The normalized spacial score (nSPS) is 12.9. The van der Waals surface area contributed by atoms with E-state index >= 15 is 0 Å². The third kappa shape index (κ3) is 6.86. The van der Waals surface area contributed by atoms with Gasteiger partial charge in [-0.25, -0.2) is 4.79 Å². The van der Waals surface area contributed by atoms with Crippen molar-refractivity contribution in [2.75, 3.05) is 13.2 Å². The number of carbonyl (C=O) groups is 1. The fraction of sp³-hybridized carbons (Fsp3) is 0.562. The van der Waals surface area contributed by atoms with Crippen molar-refractivity contribution in [3.05, 3.63) is 33.8 Å². The van der Waals surface area contributed by atoms with Crippen LogP contribution in [0.15, 0.2) is 18.2 Å². The molecule has 0 saturated carbocycles. The zero-order chi connectivity index (χ0) is 16.9. The van der Waals surface area contributed by atoms with Crippen molar-refractivity contribution >= 4 is 29.3 Å². The molecule has 0 unspecified atom stereocenters. The van der Waals surface area contributed by atoms with Crippen LogP contribution in [0.25, 0.3) is 0 Å². The van der Waals surface area contributed by atoms with Crippen molar-refractivity contribution in [2.24, 2.45) is 5.92 Å². The lowest BCUT2D eigenvalue weighted by Gasteiger charge is -2.29. The highest BCUT2D eigenvalue weighted by Gasteiger charge is 2.23. The van der Waals surface area contributed by atoms with Crippen LogP contribution in [0, 0.1) is 5.92 Å². The number of rotatable bonds is 5. The summed E-state index contributed by atoms with van der Waals surface area (Å²) < 4.78 is 5.42. The third-order valence-electron chi connectivity index (χ3n) is 2.79. The molecule has 0 aliphatic heterocycles. The second kappa shape index (κ2) is 8.04. The highest BCUT2D eigenvalue weighted by atomic mass is 35.5. The molecule has 6 heteroatoms. The molecule has 0 fully saturated rings. The van der Waals surface area contributed by atoms with Gasteiger partial charge in [-0.15, -0.1) is 0 Å². The number of ether oxygens (including phenoxy) is 1. The van der Waals surface area contributed by atoms with E-state index in [-0.39, 0.29) is 12.5 Å². The van der Waals surface area contributed by atoms with Crippen LogP contribution in [0.1, 0.15) is 33.3 Å². The Hall–Kier alpha value is -0.970. The fourth-order valence-corrected chi connectivity index (χ4v) is 2.46. The molecule has 1 aromatic carbocycles. The molecular weight excluding hydrogens is 325 g/mol. The maximum absolute atomic E-state index is 12.3. The summed E-state index contributed by atoms with van der Waals surface area (Å²) in [4.78, 5) is 13.9. The van der Waals surface area contributed by atoms with Crippen molar-refractivity contribution in [2.45, 2.75) is 39.8 Å². The van der Waals surface area contributed by atoms with Crippen LogP contribution in [0.5, 0.6) is 0 Å². The summed E-state index contributed by atoms with van der Waals surface area (Å²) in [6, 6.07) is 5.16. The Morgan fingerprint density at radius 2 is 1.82 bits per heavy atom. The number of benzene rings is 1. The van der Waals surface area contributed by atoms with E-state index in [0.29, 0.717) is 23.1 Å². The topological polar surface area (TPSA) is 49.8 Å². The summed E-state index contributed by atoms with van der Waals surface area (Å²) in [6.45, 7) is 8.01. The van der Waals surface area contributed by atoms with Gasteiger partial charge in [0.05, 0.1) is 0 Å². The lowest BCUT2D eigenvalue weighted by molar-refractivity contribution is 0.0189. The average Bonchev–Trinajstić information content (AvgIpc) is 2.34. The molecule has 124 valence electrons. The summed E-state index contributed by atoms with van der Waals surface area (Å²) in [7, 11) is 0. The average molecular weight is 348 g/mol. The molecular formula is C16H23Cl2NO3. The number of nitrogens with zero attached hydrogens (tertiary/aromatic N) is 1. The number of amides is 1. The van der Waals surface area contributed by atoms with Crippen LogP contribution >= 0.6 is 23.2 Å². The highest BCUT2D eigenvalue weighted by molar-refractivity contribution is 6.34. The minimum absolute atomic E-state index is 0.00437. The molecule has 0 heterocycles. The molecule has 0 aliphatic rings. The molecule has 0 bridgehead atoms. The van der Waals surface area contributed by atoms with Crippen LogP contribution in [0.4, 0.5) is 4.79 Å². The first-order valence-corrected chi connectivity index (χ1v) is 7.90. The van der Waals surface area contributed by atoms with E-state index in [1.54, 1.807) is 23.1 Å². The molecule has 0 saturated heterocycles. The first-order valence-electron chi connectivity index (χ1n) is 7.14. The summed E-state index contributed by atoms with van der Waals surface area (Å²) in [5, 5.41) is 10.3. The van der Waals surface area contributed by atoms with E-state index in [1.165, 1.54) is 0 Å². The van der Waals surface area contributed by atoms with Gasteiger partial charge < -0.3 is 14.7 Å². The Morgan fingerprint density at radius 3 is 2.27 bits per heavy atom. The number of halogens is 2. The van der Waals surface area contributed by atoms with Gasteiger partial charge in [-0.1, -0.05) is 30.1 Å². The van der Waals surface area contributed by atoms with Crippen LogP contribution in [-0.4, -0.2) is 34.9 Å². The number of hydrogen-bond donors (Lipinski definition) is 1. The Labute approximate surface area is 142 Å². The van der Waals surface area contributed by atoms with E-state index in [2.05, 4.69) is 0 Å². The summed E-state index contributed by atoms with van der Waals surface area (Å²) in [5.74, 6) is -0.0535. The minimum atomic E-state index is -0.580. The lowest BCUT2D eigenvalue weighted by Crippen LogP contribution is -2.39. The third-order valence-corrected chi connectivity index (χ3v) is 3.23. The molecule has 0 radical (unpaired) electrons. The molecule has 1 N–H and O–H groups in total. The maximum Gasteiger partial charge on any atom is 0.410 e. The van der Waals surface area contributed by atoms with E-state index in [4.69, 9.17) is 27.9 Å². The largest absolute Gasteiger partial charge is 0.444 e. The van der Waals surface area contributed by atoms with E-state index in [9.17, 15) is 9.90 Å². The summed E-state index contributed by atoms with van der Waals surface area (Å²) in [6.07, 6.45) is -0.427. The van der Waals surface area contributed by atoms with Crippen LogP contribution in [0.2, 0.25) is 10.0 Å². The Balaban J connectivity index is 2.92. The molecule has 0 spiro atoms. The van der Waals surface area contributed by atoms with Gasteiger partial charge in [0.1, 0.15) is 5.60 Å². The molecule has 1 rings (SSSR count). The van der Waals surface area contributed by atoms with Crippen LogP contribution < -0.4 is 0 Å². The standard InChI is InChI=1S/C16H23Cl2NO3/c1-11(10-20)8-19(15(21)22-16(2,3)4)9-12-5-13(17)7-14(18)6-12/h5-7,11,20H,8-10H2,1-4H3/t11-/m0/s1. The summed E-state index contributed by atoms with van der Waals surface area (Å²) >= 11 is 12.0. The van der Waals surface area contributed by atoms with Crippen molar-refractivity contribution in [1.82, 2.24) is 4.90 Å². The van der Waals surface area contributed by atoms with Crippen molar-refractivity contribution in [3.8, 4) is 0 Å². The van der Waals surface area contributed by atoms with Crippen LogP contribution in [0.3, 0.4) is 0 Å². The fourth-order valence-electron chi connectivity index (χ4n) is 1.89. The predicted molar refractivity (Wildman–Crippen MR) is 89.4 cm³/mol. The van der Waals surface area contributed by atoms with E-state index in [0.717, 1.165) is 5.56 Å². The SMILES string of the molecule is C[C@H](CO)CN(Cc1cc(Cl)cc(Cl)c1)C(=O)OC(C)(C)C. The van der Waals surface area contributed by atoms with Crippen LogP contribution in [-0.2, 0) is 11.3 Å². The van der Waals surface area contributed by atoms with Crippen molar-refractivity contribution in [1.29, 1.82) is 0 Å². The predicted octanol–water partition coefficient (Wildman–Crippen LogP) is 4.36. The second-order valence-corrected chi connectivity index (χ2v) is 7.30. The van der Waals surface area contributed by atoms with E-state index < -0.39 is 11.7 Å². The Bertz CT molecular complexity index is 494. The van der Waals surface area contributed by atoms with Gasteiger partial charge in [0.15, 0.2) is 0 Å². The number of hydrogen-bond acceptors (Lipinski definition) is 3. The van der Waals surface area contributed by atoms with Gasteiger partial charge in [-0.3, -0.25) is 0 Å². The Kier molecular flexibility index (Phi) is 6.98. The number of carbonyl (C=O) groups excluding carboxylic acids is 1. The molecule has 4 nitrogen and oxygen atoms in total. The zero-order valence-corrected chi connectivity index (χ0v) is 14.9. The molecule has 0 aromatic heterocycles. The molecule has 0 aliphatic carbocycles. The second-order valence-electron chi connectivity index (χ2n) is 6.43. The molecule has 1 amide bonds. The first-order chi connectivity index (χ1) is 10.1. The summed E-state index contributed by atoms with van der Waals surface area (Å²) in [5.41, 5.74) is 0.234. The number of aliphatic hydroxyl groups is 1. The quantitative estimate of drug-likeness (QED) is 0.860. The minimum Gasteiger partial charge on any atom is -0.444 e. The monoisotopic (exact) mass is 347 g/mol. The van der Waals surface area contributed by atoms with Gasteiger partial charge in [0.25, 0.3) is 0 Å². The van der Waals surface area contributed by atoms with Gasteiger partial charge >= 0.3 is 6.09 Å².